The molecule has 0 bridgehead atoms. The molecule has 20 heavy (non-hydrogen) atoms. The molecule has 0 saturated heterocycles. The molecular formula is C15H16ClFN2O. The van der Waals surface area contributed by atoms with Gasteiger partial charge in [0.1, 0.15) is 11.6 Å². The summed E-state index contributed by atoms with van der Waals surface area (Å²) in [6, 6.07) is 11.7. The molecule has 0 heterocycles. The van der Waals surface area contributed by atoms with E-state index in [9.17, 15) is 4.39 Å². The molecule has 2 aromatic carbocycles. The molecule has 0 spiro atoms. The molecule has 2 rings (SSSR count). The standard InChI is InChI=1S/C15H16ClFN2O/c1-2-20-11-6-3-5-10(9-11)15(19-18)12-7-4-8-13(16)14(12)17/h3-9,15,19H,2,18H2,1H3. The number of halogens is 2. The van der Waals surface area contributed by atoms with E-state index in [2.05, 4.69) is 5.43 Å². The Labute approximate surface area is 122 Å². The van der Waals surface area contributed by atoms with Gasteiger partial charge in [-0.25, -0.2) is 9.82 Å². The number of hydrogen-bond donors (Lipinski definition) is 2. The molecule has 3 nitrogen and oxygen atoms in total. The minimum Gasteiger partial charge on any atom is -0.494 e. The van der Waals surface area contributed by atoms with Gasteiger partial charge in [-0.05, 0) is 30.7 Å². The van der Waals surface area contributed by atoms with E-state index in [1.807, 2.05) is 31.2 Å². The normalized spacial score (nSPS) is 12.2. The molecule has 0 fully saturated rings. The van der Waals surface area contributed by atoms with Gasteiger partial charge in [0.15, 0.2) is 0 Å². The summed E-state index contributed by atoms with van der Waals surface area (Å²) in [7, 11) is 0. The molecule has 0 radical (unpaired) electrons. The third-order valence-corrected chi connectivity index (χ3v) is 3.25. The maximum absolute atomic E-state index is 14.1. The van der Waals surface area contributed by atoms with Crippen molar-refractivity contribution in [2.45, 2.75) is 13.0 Å². The van der Waals surface area contributed by atoms with E-state index in [1.54, 1.807) is 12.1 Å². The van der Waals surface area contributed by atoms with Crippen molar-refractivity contribution >= 4 is 11.6 Å². The summed E-state index contributed by atoms with van der Waals surface area (Å²) < 4.78 is 19.6. The van der Waals surface area contributed by atoms with Crippen molar-refractivity contribution in [1.82, 2.24) is 5.43 Å². The molecule has 0 aliphatic heterocycles. The molecule has 3 N–H and O–H groups in total. The van der Waals surface area contributed by atoms with Gasteiger partial charge in [0.05, 0.1) is 17.7 Å². The van der Waals surface area contributed by atoms with Crippen LogP contribution in [0.2, 0.25) is 5.02 Å². The monoisotopic (exact) mass is 294 g/mol. The van der Waals surface area contributed by atoms with Crippen molar-refractivity contribution in [3.8, 4) is 5.75 Å². The lowest BCUT2D eigenvalue weighted by molar-refractivity contribution is 0.339. The molecular weight excluding hydrogens is 279 g/mol. The van der Waals surface area contributed by atoms with Gasteiger partial charge in [-0.3, -0.25) is 5.84 Å². The summed E-state index contributed by atoms with van der Waals surface area (Å²) in [6.07, 6.45) is 0. The van der Waals surface area contributed by atoms with Crippen LogP contribution < -0.4 is 16.0 Å². The van der Waals surface area contributed by atoms with Crippen molar-refractivity contribution < 1.29 is 9.13 Å². The van der Waals surface area contributed by atoms with Crippen LogP contribution in [0.25, 0.3) is 0 Å². The number of hydrogen-bond acceptors (Lipinski definition) is 3. The Morgan fingerprint density at radius 2 is 2.05 bits per heavy atom. The predicted molar refractivity (Wildman–Crippen MR) is 78.2 cm³/mol. The van der Waals surface area contributed by atoms with Crippen LogP contribution in [0.1, 0.15) is 24.1 Å². The lowest BCUT2D eigenvalue weighted by atomic mass is 9.98. The topological polar surface area (TPSA) is 47.3 Å². The molecule has 0 aromatic heterocycles. The Hall–Kier alpha value is -1.62. The smallest absolute Gasteiger partial charge is 0.146 e. The number of benzene rings is 2. The average molecular weight is 295 g/mol. The molecule has 1 atom stereocenters. The van der Waals surface area contributed by atoms with Gasteiger partial charge in [-0.1, -0.05) is 35.9 Å². The maximum atomic E-state index is 14.1. The molecule has 1 unspecified atom stereocenters. The Kier molecular flexibility index (Phi) is 4.95. The summed E-state index contributed by atoms with van der Waals surface area (Å²) in [5, 5.41) is 0.0729. The second kappa shape index (κ2) is 6.70. The number of hydrazine groups is 1. The quantitative estimate of drug-likeness (QED) is 0.656. The minimum absolute atomic E-state index is 0.0729. The number of nitrogens with two attached hydrogens (primary N) is 1. The van der Waals surface area contributed by atoms with Crippen LogP contribution in [0.3, 0.4) is 0 Å². The van der Waals surface area contributed by atoms with E-state index >= 15 is 0 Å². The van der Waals surface area contributed by atoms with Crippen LogP contribution >= 0.6 is 11.6 Å². The number of ether oxygens (including phenoxy) is 1. The molecule has 5 heteroatoms. The molecule has 0 aliphatic carbocycles. The first-order valence-corrected chi connectivity index (χ1v) is 6.68. The van der Waals surface area contributed by atoms with Gasteiger partial charge in [0.2, 0.25) is 0 Å². The van der Waals surface area contributed by atoms with Crippen LogP contribution in [0.4, 0.5) is 4.39 Å². The fourth-order valence-corrected chi connectivity index (χ4v) is 2.24. The van der Waals surface area contributed by atoms with Crippen LogP contribution in [-0.2, 0) is 0 Å². The van der Waals surface area contributed by atoms with Gasteiger partial charge in [0, 0.05) is 5.56 Å². The van der Waals surface area contributed by atoms with Crippen molar-refractivity contribution in [2.24, 2.45) is 5.84 Å². The lowest BCUT2D eigenvalue weighted by Crippen LogP contribution is -2.29. The SMILES string of the molecule is CCOc1cccc(C(NN)c2cccc(Cl)c2F)c1. The Balaban J connectivity index is 2.41. The maximum Gasteiger partial charge on any atom is 0.146 e. The Morgan fingerprint density at radius 3 is 2.75 bits per heavy atom. The summed E-state index contributed by atoms with van der Waals surface area (Å²) in [4.78, 5) is 0. The van der Waals surface area contributed by atoms with E-state index in [4.69, 9.17) is 22.2 Å². The first-order valence-electron chi connectivity index (χ1n) is 6.30. The van der Waals surface area contributed by atoms with Crippen LogP contribution in [0.15, 0.2) is 42.5 Å². The first-order chi connectivity index (χ1) is 9.67. The highest BCUT2D eigenvalue weighted by Gasteiger charge is 2.18. The summed E-state index contributed by atoms with van der Waals surface area (Å²) >= 11 is 5.82. The number of rotatable bonds is 5. The van der Waals surface area contributed by atoms with Crippen molar-refractivity contribution in [2.75, 3.05) is 6.61 Å². The molecule has 0 saturated carbocycles. The highest BCUT2D eigenvalue weighted by Crippen LogP contribution is 2.29. The Bertz CT molecular complexity index is 592. The molecule has 0 aliphatic rings. The zero-order valence-corrected chi connectivity index (χ0v) is 11.8. The highest BCUT2D eigenvalue weighted by atomic mass is 35.5. The molecule has 106 valence electrons. The summed E-state index contributed by atoms with van der Waals surface area (Å²) in [5.41, 5.74) is 3.82. The van der Waals surface area contributed by atoms with Crippen LogP contribution in [0.5, 0.6) is 5.75 Å². The van der Waals surface area contributed by atoms with E-state index in [1.165, 1.54) is 6.07 Å². The average Bonchev–Trinajstić information content (AvgIpc) is 2.45. The third-order valence-electron chi connectivity index (χ3n) is 2.96. The highest BCUT2D eigenvalue weighted by molar-refractivity contribution is 6.30. The fourth-order valence-electron chi connectivity index (χ4n) is 2.06. The fraction of sp³-hybridized carbons (Fsp3) is 0.200. The minimum atomic E-state index is -0.492. The van der Waals surface area contributed by atoms with E-state index in [0.29, 0.717) is 17.9 Å². The Morgan fingerprint density at radius 1 is 1.30 bits per heavy atom. The summed E-state index contributed by atoms with van der Waals surface area (Å²) in [6.45, 7) is 2.47. The second-order valence-corrected chi connectivity index (χ2v) is 4.66. The van der Waals surface area contributed by atoms with E-state index < -0.39 is 11.9 Å². The third kappa shape index (κ3) is 3.10. The molecule has 2 aromatic rings. The lowest BCUT2D eigenvalue weighted by Gasteiger charge is -2.18. The van der Waals surface area contributed by atoms with Crippen molar-refractivity contribution in [3.05, 3.63) is 64.4 Å². The first kappa shape index (κ1) is 14.8. The predicted octanol–water partition coefficient (Wildman–Crippen LogP) is 3.43. The summed E-state index contributed by atoms with van der Waals surface area (Å²) in [5.74, 6) is 5.82. The van der Waals surface area contributed by atoms with Crippen molar-refractivity contribution in [3.63, 3.8) is 0 Å². The van der Waals surface area contributed by atoms with Gasteiger partial charge in [0.25, 0.3) is 0 Å². The largest absolute Gasteiger partial charge is 0.494 e. The van der Waals surface area contributed by atoms with Crippen molar-refractivity contribution in [1.29, 1.82) is 0 Å². The van der Waals surface area contributed by atoms with Gasteiger partial charge in [-0.2, -0.15) is 0 Å². The van der Waals surface area contributed by atoms with E-state index in [0.717, 1.165) is 5.56 Å². The van der Waals surface area contributed by atoms with Crippen LogP contribution in [-0.4, -0.2) is 6.61 Å². The van der Waals surface area contributed by atoms with Gasteiger partial charge < -0.3 is 4.74 Å². The van der Waals surface area contributed by atoms with Crippen LogP contribution in [0, 0.1) is 5.82 Å². The zero-order valence-electron chi connectivity index (χ0n) is 11.1. The van der Waals surface area contributed by atoms with Gasteiger partial charge >= 0.3 is 0 Å². The zero-order chi connectivity index (χ0) is 14.5. The van der Waals surface area contributed by atoms with E-state index in [-0.39, 0.29) is 5.02 Å². The van der Waals surface area contributed by atoms with Gasteiger partial charge in [-0.15, -0.1) is 0 Å². The molecule has 0 amide bonds. The number of nitrogens with one attached hydrogen (secondary N) is 1. The second-order valence-electron chi connectivity index (χ2n) is 4.25.